The van der Waals surface area contributed by atoms with Crippen LogP contribution in [0.1, 0.15) is 38.2 Å². The first-order valence-electron chi connectivity index (χ1n) is 6.46. The number of hydrogen-bond donors (Lipinski definition) is 1. The van der Waals surface area contributed by atoms with Crippen molar-refractivity contribution in [2.45, 2.75) is 37.4 Å². The molecule has 0 fully saturated rings. The van der Waals surface area contributed by atoms with Gasteiger partial charge in [0.2, 0.25) is 5.16 Å². The van der Waals surface area contributed by atoms with E-state index in [0.717, 1.165) is 16.7 Å². The average molecular weight is 274 g/mol. The summed E-state index contributed by atoms with van der Waals surface area (Å²) in [6.07, 6.45) is 0. The van der Waals surface area contributed by atoms with E-state index >= 15 is 0 Å². The fourth-order valence-electron chi connectivity index (χ4n) is 2.17. The van der Waals surface area contributed by atoms with E-state index in [4.69, 9.17) is 0 Å². The third-order valence-electron chi connectivity index (χ3n) is 3.17. The summed E-state index contributed by atoms with van der Waals surface area (Å²) in [6.45, 7) is 6.47. The lowest BCUT2D eigenvalue weighted by Gasteiger charge is -2.29. The molecule has 4 nitrogen and oxygen atoms in total. The Morgan fingerprint density at radius 2 is 1.95 bits per heavy atom. The molecule has 5 heteroatoms. The monoisotopic (exact) mass is 274 g/mol. The van der Waals surface area contributed by atoms with Gasteiger partial charge in [-0.15, -0.1) is 10.2 Å². The zero-order valence-corrected chi connectivity index (χ0v) is 12.2. The molecule has 2 aromatic rings. The Labute approximate surface area is 117 Å². The topological polar surface area (TPSA) is 42.7 Å². The molecule has 0 saturated heterocycles. The molecule has 1 unspecified atom stereocenters. The molecule has 100 valence electrons. The normalized spacial score (nSPS) is 18.8. The molecule has 0 bridgehead atoms. The zero-order chi connectivity index (χ0) is 13.5. The molecule has 1 aromatic heterocycles. The standard InChI is InChI=1S/C14H18N4S/c1-14(2,3)12-15-16-13-18(12)17-11(9-19-13)10-7-5-4-6-8-10/h4-8,11,17H,9H2,1-3H3. The van der Waals surface area contributed by atoms with E-state index in [-0.39, 0.29) is 5.41 Å². The van der Waals surface area contributed by atoms with E-state index in [0.29, 0.717) is 6.04 Å². The minimum atomic E-state index is -0.0165. The lowest BCUT2D eigenvalue weighted by molar-refractivity contribution is 0.501. The van der Waals surface area contributed by atoms with Crippen molar-refractivity contribution in [3.63, 3.8) is 0 Å². The van der Waals surface area contributed by atoms with Crippen LogP contribution in [-0.4, -0.2) is 20.6 Å². The first-order chi connectivity index (χ1) is 9.05. The third-order valence-corrected chi connectivity index (χ3v) is 4.19. The number of nitrogens with one attached hydrogen (secondary N) is 1. The van der Waals surface area contributed by atoms with Gasteiger partial charge >= 0.3 is 0 Å². The second-order valence-corrected chi connectivity index (χ2v) is 6.78. The van der Waals surface area contributed by atoms with Gasteiger partial charge in [-0.25, -0.2) is 4.68 Å². The highest BCUT2D eigenvalue weighted by molar-refractivity contribution is 7.99. The molecule has 1 aliphatic heterocycles. The van der Waals surface area contributed by atoms with E-state index in [2.05, 4.69) is 60.7 Å². The molecular formula is C14H18N4S. The fraction of sp³-hybridized carbons (Fsp3) is 0.429. The van der Waals surface area contributed by atoms with Crippen LogP contribution in [-0.2, 0) is 5.41 Å². The number of thioether (sulfide) groups is 1. The lowest BCUT2D eigenvalue weighted by atomic mass is 9.96. The maximum Gasteiger partial charge on any atom is 0.210 e. The molecule has 19 heavy (non-hydrogen) atoms. The molecule has 0 amide bonds. The number of fused-ring (bicyclic) bond motifs is 1. The van der Waals surface area contributed by atoms with Crippen molar-refractivity contribution in [1.29, 1.82) is 0 Å². The van der Waals surface area contributed by atoms with Crippen LogP contribution < -0.4 is 5.43 Å². The smallest absolute Gasteiger partial charge is 0.210 e. The Morgan fingerprint density at radius 3 is 2.63 bits per heavy atom. The van der Waals surface area contributed by atoms with Gasteiger partial charge in [-0.05, 0) is 5.56 Å². The fourth-order valence-corrected chi connectivity index (χ4v) is 3.12. The van der Waals surface area contributed by atoms with Gasteiger partial charge in [0, 0.05) is 11.2 Å². The quantitative estimate of drug-likeness (QED) is 0.868. The Kier molecular flexibility index (Phi) is 3.01. The SMILES string of the molecule is CC(C)(C)c1nnc2n1NC(c1ccccc1)CS2. The van der Waals surface area contributed by atoms with Gasteiger partial charge in [0.15, 0.2) is 5.82 Å². The van der Waals surface area contributed by atoms with Crippen LogP contribution in [0.5, 0.6) is 0 Å². The Hall–Kier alpha value is -1.49. The predicted molar refractivity (Wildman–Crippen MR) is 78.0 cm³/mol. The minimum absolute atomic E-state index is 0.0165. The van der Waals surface area contributed by atoms with E-state index in [1.54, 1.807) is 11.8 Å². The third kappa shape index (κ3) is 2.34. The molecule has 3 rings (SSSR count). The number of nitrogens with zero attached hydrogens (tertiary/aromatic N) is 3. The van der Waals surface area contributed by atoms with Gasteiger partial charge in [-0.2, -0.15) is 0 Å². The largest absolute Gasteiger partial charge is 0.314 e. The Bertz CT molecular complexity index is 571. The van der Waals surface area contributed by atoms with Gasteiger partial charge in [0.1, 0.15) is 0 Å². The second kappa shape index (κ2) is 4.56. The first-order valence-corrected chi connectivity index (χ1v) is 7.44. The summed E-state index contributed by atoms with van der Waals surface area (Å²) in [7, 11) is 0. The van der Waals surface area contributed by atoms with Crippen molar-refractivity contribution >= 4 is 11.8 Å². The van der Waals surface area contributed by atoms with Crippen LogP contribution in [0.2, 0.25) is 0 Å². The van der Waals surface area contributed by atoms with Gasteiger partial charge < -0.3 is 5.43 Å². The van der Waals surface area contributed by atoms with Crippen molar-refractivity contribution < 1.29 is 0 Å². The highest BCUT2D eigenvalue weighted by Gasteiger charge is 2.29. The molecule has 0 saturated carbocycles. The molecular weight excluding hydrogens is 256 g/mol. The van der Waals surface area contributed by atoms with Crippen LogP contribution >= 0.6 is 11.8 Å². The van der Waals surface area contributed by atoms with Gasteiger partial charge in [0.05, 0.1) is 6.04 Å². The highest BCUT2D eigenvalue weighted by Crippen LogP contribution is 2.32. The second-order valence-electron chi connectivity index (χ2n) is 5.79. The molecule has 1 atom stereocenters. The zero-order valence-electron chi connectivity index (χ0n) is 11.4. The molecule has 2 heterocycles. The van der Waals surface area contributed by atoms with Crippen molar-refractivity contribution in [2.75, 3.05) is 11.2 Å². The maximum absolute atomic E-state index is 4.33. The van der Waals surface area contributed by atoms with Crippen molar-refractivity contribution in [1.82, 2.24) is 14.9 Å². The van der Waals surface area contributed by atoms with Crippen LogP contribution in [0.3, 0.4) is 0 Å². The van der Waals surface area contributed by atoms with Gasteiger partial charge in [-0.3, -0.25) is 0 Å². The van der Waals surface area contributed by atoms with E-state index in [1.807, 2.05) is 10.7 Å². The van der Waals surface area contributed by atoms with Crippen molar-refractivity contribution in [2.24, 2.45) is 0 Å². The molecule has 0 radical (unpaired) electrons. The summed E-state index contributed by atoms with van der Waals surface area (Å²) < 4.78 is 2.05. The van der Waals surface area contributed by atoms with Crippen LogP contribution in [0.25, 0.3) is 0 Å². The number of aromatic nitrogens is 3. The Balaban J connectivity index is 1.93. The van der Waals surface area contributed by atoms with Crippen LogP contribution in [0, 0.1) is 0 Å². The highest BCUT2D eigenvalue weighted by atomic mass is 32.2. The van der Waals surface area contributed by atoms with Gasteiger partial charge in [-0.1, -0.05) is 62.9 Å². The van der Waals surface area contributed by atoms with E-state index in [1.165, 1.54) is 5.56 Å². The minimum Gasteiger partial charge on any atom is -0.314 e. The van der Waals surface area contributed by atoms with E-state index in [9.17, 15) is 0 Å². The maximum atomic E-state index is 4.33. The van der Waals surface area contributed by atoms with Crippen LogP contribution in [0.4, 0.5) is 0 Å². The summed E-state index contributed by atoms with van der Waals surface area (Å²) >= 11 is 1.76. The molecule has 1 aliphatic rings. The summed E-state index contributed by atoms with van der Waals surface area (Å²) in [5.74, 6) is 1.96. The predicted octanol–water partition coefficient (Wildman–Crippen LogP) is 2.97. The summed E-state index contributed by atoms with van der Waals surface area (Å²) in [5.41, 5.74) is 4.82. The number of rotatable bonds is 1. The first kappa shape index (κ1) is 12.5. The summed E-state index contributed by atoms with van der Waals surface area (Å²) in [6, 6.07) is 10.8. The lowest BCUT2D eigenvalue weighted by Crippen LogP contribution is -2.32. The van der Waals surface area contributed by atoms with Crippen molar-refractivity contribution in [3.8, 4) is 0 Å². The molecule has 0 aliphatic carbocycles. The molecule has 1 N–H and O–H groups in total. The Morgan fingerprint density at radius 1 is 1.21 bits per heavy atom. The van der Waals surface area contributed by atoms with E-state index < -0.39 is 0 Å². The number of benzene rings is 1. The van der Waals surface area contributed by atoms with Crippen molar-refractivity contribution in [3.05, 3.63) is 41.7 Å². The molecule has 0 spiro atoms. The van der Waals surface area contributed by atoms with Crippen LogP contribution in [0.15, 0.2) is 35.5 Å². The van der Waals surface area contributed by atoms with Gasteiger partial charge in [0.25, 0.3) is 0 Å². The average Bonchev–Trinajstić information content (AvgIpc) is 2.82. The summed E-state index contributed by atoms with van der Waals surface area (Å²) in [4.78, 5) is 0. The molecule has 1 aromatic carbocycles. The summed E-state index contributed by atoms with van der Waals surface area (Å²) in [5, 5.41) is 9.55. The number of hydrogen-bond acceptors (Lipinski definition) is 4.